The molecule has 20 heavy (non-hydrogen) atoms. The predicted molar refractivity (Wildman–Crippen MR) is 81.7 cm³/mol. The number of nitrogens with one attached hydrogen (secondary N) is 1. The fourth-order valence-electron chi connectivity index (χ4n) is 2.15. The van der Waals surface area contributed by atoms with Crippen molar-refractivity contribution in [2.45, 2.75) is 26.4 Å². The summed E-state index contributed by atoms with van der Waals surface area (Å²) in [5.74, 6) is 1.61. The SMILES string of the molecule is CCCc1cc(NC)nc(-c2ccccc2COC)n1. The maximum Gasteiger partial charge on any atom is 0.162 e. The first kappa shape index (κ1) is 14.5. The first-order valence-corrected chi connectivity index (χ1v) is 6.91. The van der Waals surface area contributed by atoms with Crippen LogP contribution in [0.5, 0.6) is 0 Å². The number of hydrogen-bond acceptors (Lipinski definition) is 4. The fraction of sp³-hybridized carbons (Fsp3) is 0.375. The van der Waals surface area contributed by atoms with Crippen LogP contribution in [0.3, 0.4) is 0 Å². The minimum absolute atomic E-state index is 0.562. The summed E-state index contributed by atoms with van der Waals surface area (Å²) in [6, 6.07) is 10.1. The van der Waals surface area contributed by atoms with Crippen molar-refractivity contribution in [2.75, 3.05) is 19.5 Å². The number of benzene rings is 1. The lowest BCUT2D eigenvalue weighted by Gasteiger charge is -2.11. The van der Waals surface area contributed by atoms with E-state index in [4.69, 9.17) is 4.74 Å². The summed E-state index contributed by atoms with van der Waals surface area (Å²) >= 11 is 0. The molecular weight excluding hydrogens is 250 g/mol. The van der Waals surface area contributed by atoms with Gasteiger partial charge in [-0.25, -0.2) is 9.97 Å². The summed E-state index contributed by atoms with van der Waals surface area (Å²) < 4.78 is 5.25. The van der Waals surface area contributed by atoms with E-state index >= 15 is 0 Å². The summed E-state index contributed by atoms with van der Waals surface area (Å²) in [7, 11) is 3.58. The molecule has 106 valence electrons. The molecule has 0 radical (unpaired) electrons. The third kappa shape index (κ3) is 3.33. The lowest BCUT2D eigenvalue weighted by Crippen LogP contribution is -2.02. The molecule has 2 rings (SSSR count). The Bertz CT molecular complexity index is 569. The molecule has 0 fully saturated rings. The molecule has 1 aromatic carbocycles. The third-order valence-corrected chi connectivity index (χ3v) is 3.10. The van der Waals surface area contributed by atoms with Gasteiger partial charge in [-0.3, -0.25) is 0 Å². The Morgan fingerprint density at radius 3 is 2.70 bits per heavy atom. The van der Waals surface area contributed by atoms with Crippen molar-refractivity contribution in [3.05, 3.63) is 41.6 Å². The molecule has 0 saturated carbocycles. The zero-order valence-corrected chi connectivity index (χ0v) is 12.3. The second-order valence-corrected chi connectivity index (χ2v) is 4.66. The minimum atomic E-state index is 0.562. The Hall–Kier alpha value is -1.94. The highest BCUT2D eigenvalue weighted by atomic mass is 16.5. The third-order valence-electron chi connectivity index (χ3n) is 3.10. The van der Waals surface area contributed by atoms with E-state index in [2.05, 4.69) is 22.2 Å². The number of methoxy groups -OCH3 is 1. The van der Waals surface area contributed by atoms with Gasteiger partial charge in [-0.15, -0.1) is 0 Å². The summed E-state index contributed by atoms with van der Waals surface area (Å²) in [6.45, 7) is 2.71. The maximum absolute atomic E-state index is 5.25. The van der Waals surface area contributed by atoms with Crippen molar-refractivity contribution in [3.63, 3.8) is 0 Å². The Balaban J connectivity index is 2.48. The van der Waals surface area contributed by atoms with Crippen LogP contribution in [0.25, 0.3) is 11.4 Å². The van der Waals surface area contributed by atoms with E-state index in [-0.39, 0.29) is 0 Å². The molecule has 0 aliphatic rings. The second kappa shape index (κ2) is 7.01. The first-order chi connectivity index (χ1) is 9.78. The molecule has 0 unspecified atom stereocenters. The zero-order chi connectivity index (χ0) is 14.4. The number of anilines is 1. The van der Waals surface area contributed by atoms with Crippen LogP contribution >= 0.6 is 0 Å². The normalized spacial score (nSPS) is 10.6. The standard InChI is InChI=1S/C16H21N3O/c1-4-7-13-10-15(17-2)19-16(18-13)14-9-6-5-8-12(14)11-20-3/h5-6,8-10H,4,7,11H2,1-3H3,(H,17,18,19). The van der Waals surface area contributed by atoms with Gasteiger partial charge >= 0.3 is 0 Å². The lowest BCUT2D eigenvalue weighted by atomic mass is 10.1. The molecule has 4 nitrogen and oxygen atoms in total. The van der Waals surface area contributed by atoms with Gasteiger partial charge in [0.2, 0.25) is 0 Å². The molecule has 4 heteroatoms. The van der Waals surface area contributed by atoms with Crippen LogP contribution < -0.4 is 5.32 Å². The Labute approximate surface area is 120 Å². The number of aromatic nitrogens is 2. The average Bonchev–Trinajstić information content (AvgIpc) is 2.48. The van der Waals surface area contributed by atoms with Crippen molar-refractivity contribution >= 4 is 5.82 Å². The Kier molecular flexibility index (Phi) is 5.07. The Morgan fingerprint density at radius 2 is 2.00 bits per heavy atom. The summed E-state index contributed by atoms with van der Waals surface area (Å²) in [4.78, 5) is 9.25. The molecule has 1 N–H and O–H groups in total. The zero-order valence-electron chi connectivity index (χ0n) is 12.3. The molecule has 0 spiro atoms. The van der Waals surface area contributed by atoms with Crippen LogP contribution in [0.1, 0.15) is 24.6 Å². The van der Waals surface area contributed by atoms with Crippen LogP contribution in [-0.2, 0) is 17.8 Å². The quantitative estimate of drug-likeness (QED) is 0.875. The smallest absolute Gasteiger partial charge is 0.162 e. The highest BCUT2D eigenvalue weighted by molar-refractivity contribution is 5.62. The number of rotatable bonds is 6. The highest BCUT2D eigenvalue weighted by Crippen LogP contribution is 2.23. The van der Waals surface area contributed by atoms with E-state index in [9.17, 15) is 0 Å². The van der Waals surface area contributed by atoms with Crippen molar-refractivity contribution < 1.29 is 4.74 Å². The predicted octanol–water partition coefficient (Wildman–Crippen LogP) is 3.28. The van der Waals surface area contributed by atoms with Crippen LogP contribution in [0, 0.1) is 0 Å². The molecule has 0 aliphatic carbocycles. The lowest BCUT2D eigenvalue weighted by molar-refractivity contribution is 0.185. The molecule has 0 amide bonds. The number of nitrogens with zero attached hydrogens (tertiary/aromatic N) is 2. The number of hydrogen-bond donors (Lipinski definition) is 1. The molecule has 0 atom stereocenters. The highest BCUT2D eigenvalue weighted by Gasteiger charge is 2.10. The minimum Gasteiger partial charge on any atom is -0.380 e. The first-order valence-electron chi connectivity index (χ1n) is 6.91. The van der Waals surface area contributed by atoms with Gasteiger partial charge in [-0.05, 0) is 12.0 Å². The number of aryl methyl sites for hydroxylation is 1. The van der Waals surface area contributed by atoms with Crippen molar-refractivity contribution in [2.24, 2.45) is 0 Å². The molecule has 0 saturated heterocycles. The molecule has 1 heterocycles. The van der Waals surface area contributed by atoms with Gasteiger partial charge in [0.15, 0.2) is 5.82 Å². The van der Waals surface area contributed by atoms with Gasteiger partial charge in [0, 0.05) is 31.5 Å². The van der Waals surface area contributed by atoms with Gasteiger partial charge in [0.1, 0.15) is 5.82 Å². The van der Waals surface area contributed by atoms with Crippen molar-refractivity contribution in [1.29, 1.82) is 0 Å². The van der Waals surface area contributed by atoms with Gasteiger partial charge < -0.3 is 10.1 Å². The van der Waals surface area contributed by atoms with Crippen LogP contribution in [0.15, 0.2) is 30.3 Å². The van der Waals surface area contributed by atoms with E-state index in [0.717, 1.165) is 41.3 Å². The van der Waals surface area contributed by atoms with Gasteiger partial charge in [0.05, 0.1) is 6.61 Å². The van der Waals surface area contributed by atoms with E-state index in [1.165, 1.54) is 0 Å². The fourth-order valence-corrected chi connectivity index (χ4v) is 2.15. The molecular formula is C16H21N3O. The summed E-state index contributed by atoms with van der Waals surface area (Å²) in [5, 5.41) is 3.11. The average molecular weight is 271 g/mol. The van der Waals surface area contributed by atoms with Crippen molar-refractivity contribution in [1.82, 2.24) is 9.97 Å². The molecule has 0 bridgehead atoms. The van der Waals surface area contributed by atoms with Crippen LogP contribution in [-0.4, -0.2) is 24.1 Å². The van der Waals surface area contributed by atoms with Crippen molar-refractivity contribution in [3.8, 4) is 11.4 Å². The molecule has 0 aliphatic heterocycles. The van der Waals surface area contributed by atoms with E-state index in [0.29, 0.717) is 6.61 Å². The van der Waals surface area contributed by atoms with Gasteiger partial charge in [-0.1, -0.05) is 37.6 Å². The van der Waals surface area contributed by atoms with Crippen LogP contribution in [0.2, 0.25) is 0 Å². The number of ether oxygens (including phenoxy) is 1. The Morgan fingerprint density at radius 1 is 1.20 bits per heavy atom. The second-order valence-electron chi connectivity index (χ2n) is 4.66. The topological polar surface area (TPSA) is 47.0 Å². The molecule has 1 aromatic heterocycles. The monoisotopic (exact) mass is 271 g/mol. The summed E-state index contributed by atoms with van der Waals surface area (Å²) in [5.41, 5.74) is 3.20. The maximum atomic E-state index is 5.25. The van der Waals surface area contributed by atoms with E-state index in [1.807, 2.05) is 37.4 Å². The largest absolute Gasteiger partial charge is 0.380 e. The van der Waals surface area contributed by atoms with E-state index in [1.54, 1.807) is 7.11 Å². The van der Waals surface area contributed by atoms with Gasteiger partial charge in [0.25, 0.3) is 0 Å². The summed E-state index contributed by atoms with van der Waals surface area (Å²) in [6.07, 6.45) is 2.02. The molecule has 2 aromatic rings. The van der Waals surface area contributed by atoms with Gasteiger partial charge in [-0.2, -0.15) is 0 Å². The van der Waals surface area contributed by atoms with Crippen LogP contribution in [0.4, 0.5) is 5.82 Å². The van der Waals surface area contributed by atoms with E-state index < -0.39 is 0 Å².